The summed E-state index contributed by atoms with van der Waals surface area (Å²) in [6.07, 6.45) is 6.91. The summed E-state index contributed by atoms with van der Waals surface area (Å²) in [6, 6.07) is 1.02. The lowest BCUT2D eigenvalue weighted by Crippen LogP contribution is -2.49. The first kappa shape index (κ1) is 18.3. The monoisotopic (exact) mass is 302 g/mol. The molecule has 3 nitrogen and oxygen atoms in total. The summed E-state index contributed by atoms with van der Waals surface area (Å²) < 4.78 is 0. The Hall–Kier alpha value is 0.230. The van der Waals surface area contributed by atoms with Gasteiger partial charge >= 0.3 is 0 Å². The fourth-order valence-electron chi connectivity index (χ4n) is 3.07. The standard InChI is InChI=1S/C16H34N2OS/c1-4-13-5-6-14(18-15(13)7-9-19)11-16(17)20-10-8-12(2)3/h12-16,18-19H,4-11,17H2,1-3H3/t13?,14-,15-,16+/m1/s1. The molecule has 120 valence electrons. The predicted octanol–water partition coefficient (Wildman–Crippen LogP) is 2.97. The molecule has 1 rings (SSSR count). The largest absolute Gasteiger partial charge is 0.396 e. The van der Waals surface area contributed by atoms with Crippen LogP contribution in [0.3, 0.4) is 0 Å². The lowest BCUT2D eigenvalue weighted by atomic mass is 9.83. The van der Waals surface area contributed by atoms with Gasteiger partial charge < -0.3 is 16.2 Å². The second-order valence-corrected chi connectivity index (χ2v) is 7.90. The van der Waals surface area contributed by atoms with Crippen molar-refractivity contribution in [3.05, 3.63) is 0 Å². The van der Waals surface area contributed by atoms with Crippen LogP contribution in [0.4, 0.5) is 0 Å². The molecule has 0 saturated carbocycles. The molecule has 1 aliphatic heterocycles. The number of hydrogen-bond acceptors (Lipinski definition) is 4. The van der Waals surface area contributed by atoms with Gasteiger partial charge in [0.25, 0.3) is 0 Å². The van der Waals surface area contributed by atoms with E-state index in [2.05, 4.69) is 26.1 Å². The first-order valence-corrected chi connectivity index (χ1v) is 9.35. The van der Waals surface area contributed by atoms with Gasteiger partial charge in [-0.15, -0.1) is 11.8 Å². The molecule has 1 heterocycles. The average molecular weight is 303 g/mol. The van der Waals surface area contributed by atoms with Gasteiger partial charge in [0.15, 0.2) is 0 Å². The molecule has 0 aliphatic carbocycles. The highest BCUT2D eigenvalue weighted by atomic mass is 32.2. The zero-order chi connectivity index (χ0) is 15.0. The second kappa shape index (κ2) is 10.0. The molecule has 4 heteroatoms. The topological polar surface area (TPSA) is 58.3 Å². The molecule has 4 atom stereocenters. The minimum absolute atomic E-state index is 0.249. The maximum Gasteiger partial charge on any atom is 0.0522 e. The molecule has 0 amide bonds. The normalized spacial score (nSPS) is 28.8. The summed E-state index contributed by atoms with van der Waals surface area (Å²) in [4.78, 5) is 0. The fourth-order valence-corrected chi connectivity index (χ4v) is 4.35. The molecule has 1 saturated heterocycles. The van der Waals surface area contributed by atoms with Crippen molar-refractivity contribution in [1.29, 1.82) is 0 Å². The molecular formula is C16H34N2OS. The van der Waals surface area contributed by atoms with Crippen LogP contribution in [0.25, 0.3) is 0 Å². The quantitative estimate of drug-likeness (QED) is 0.573. The van der Waals surface area contributed by atoms with Gasteiger partial charge in [0.2, 0.25) is 0 Å². The zero-order valence-corrected chi connectivity index (χ0v) is 14.3. The Morgan fingerprint density at radius 1 is 1.35 bits per heavy atom. The van der Waals surface area contributed by atoms with Crippen LogP contribution >= 0.6 is 11.8 Å². The fraction of sp³-hybridized carbons (Fsp3) is 1.00. The third-order valence-corrected chi connectivity index (χ3v) is 5.51. The third-order valence-electron chi connectivity index (χ3n) is 4.41. The van der Waals surface area contributed by atoms with Crippen molar-refractivity contribution < 1.29 is 5.11 Å². The lowest BCUT2D eigenvalue weighted by molar-refractivity contribution is 0.174. The summed E-state index contributed by atoms with van der Waals surface area (Å²) >= 11 is 1.91. The molecule has 0 aromatic rings. The van der Waals surface area contributed by atoms with E-state index in [1.165, 1.54) is 31.4 Å². The van der Waals surface area contributed by atoms with Crippen molar-refractivity contribution in [1.82, 2.24) is 5.32 Å². The Balaban J connectivity index is 2.29. The lowest BCUT2D eigenvalue weighted by Gasteiger charge is -2.38. The van der Waals surface area contributed by atoms with Crippen molar-refractivity contribution in [2.24, 2.45) is 17.6 Å². The van der Waals surface area contributed by atoms with Crippen LogP contribution < -0.4 is 11.1 Å². The second-order valence-electron chi connectivity index (χ2n) is 6.56. The van der Waals surface area contributed by atoms with Crippen molar-refractivity contribution in [2.45, 2.75) is 76.8 Å². The molecule has 0 radical (unpaired) electrons. The predicted molar refractivity (Wildman–Crippen MR) is 89.9 cm³/mol. The number of aliphatic hydroxyl groups is 1. The summed E-state index contributed by atoms with van der Waals surface area (Å²) in [5.41, 5.74) is 6.25. The van der Waals surface area contributed by atoms with Crippen molar-refractivity contribution in [2.75, 3.05) is 12.4 Å². The number of nitrogens with two attached hydrogens (primary N) is 1. The Morgan fingerprint density at radius 2 is 2.10 bits per heavy atom. The van der Waals surface area contributed by atoms with E-state index in [9.17, 15) is 5.11 Å². The number of piperidine rings is 1. The first-order chi connectivity index (χ1) is 9.56. The van der Waals surface area contributed by atoms with E-state index in [4.69, 9.17) is 5.73 Å². The number of hydrogen-bond donors (Lipinski definition) is 3. The summed E-state index contributed by atoms with van der Waals surface area (Å²) in [5.74, 6) is 2.66. The Morgan fingerprint density at radius 3 is 2.70 bits per heavy atom. The van der Waals surface area contributed by atoms with Crippen molar-refractivity contribution in [3.63, 3.8) is 0 Å². The van der Waals surface area contributed by atoms with Crippen molar-refractivity contribution in [3.8, 4) is 0 Å². The van der Waals surface area contributed by atoms with Gasteiger partial charge in [-0.3, -0.25) is 0 Å². The minimum Gasteiger partial charge on any atom is -0.396 e. The average Bonchev–Trinajstić information content (AvgIpc) is 2.39. The van der Waals surface area contributed by atoms with Crippen LogP contribution in [-0.4, -0.2) is 34.9 Å². The first-order valence-electron chi connectivity index (χ1n) is 8.30. The Kier molecular flexibility index (Phi) is 9.18. The van der Waals surface area contributed by atoms with Crippen LogP contribution in [0, 0.1) is 11.8 Å². The Labute approximate surface area is 129 Å². The van der Waals surface area contributed by atoms with Crippen LogP contribution in [0.5, 0.6) is 0 Å². The number of rotatable bonds is 9. The van der Waals surface area contributed by atoms with Crippen LogP contribution in [0.15, 0.2) is 0 Å². The molecule has 0 aromatic heterocycles. The smallest absolute Gasteiger partial charge is 0.0522 e. The number of nitrogens with one attached hydrogen (secondary N) is 1. The maximum atomic E-state index is 9.20. The molecule has 0 aromatic carbocycles. The van der Waals surface area contributed by atoms with E-state index in [0.29, 0.717) is 12.1 Å². The van der Waals surface area contributed by atoms with E-state index >= 15 is 0 Å². The van der Waals surface area contributed by atoms with Gasteiger partial charge in [-0.2, -0.15) is 0 Å². The van der Waals surface area contributed by atoms with Gasteiger partial charge in [-0.1, -0.05) is 27.2 Å². The van der Waals surface area contributed by atoms with E-state index in [-0.39, 0.29) is 12.0 Å². The summed E-state index contributed by atoms with van der Waals surface area (Å²) in [5, 5.41) is 13.2. The van der Waals surface area contributed by atoms with E-state index in [1.807, 2.05) is 11.8 Å². The zero-order valence-electron chi connectivity index (χ0n) is 13.5. The molecule has 0 bridgehead atoms. The summed E-state index contributed by atoms with van der Waals surface area (Å²) in [7, 11) is 0. The van der Waals surface area contributed by atoms with Crippen molar-refractivity contribution >= 4 is 11.8 Å². The van der Waals surface area contributed by atoms with Gasteiger partial charge in [0, 0.05) is 18.7 Å². The van der Waals surface area contributed by atoms with Gasteiger partial charge in [-0.25, -0.2) is 0 Å². The highest BCUT2D eigenvalue weighted by Gasteiger charge is 2.29. The molecule has 1 unspecified atom stereocenters. The molecule has 0 spiro atoms. The molecular weight excluding hydrogens is 268 g/mol. The maximum absolute atomic E-state index is 9.20. The highest BCUT2D eigenvalue weighted by Crippen LogP contribution is 2.27. The van der Waals surface area contributed by atoms with E-state index in [0.717, 1.165) is 24.7 Å². The molecule has 1 fully saturated rings. The molecule has 20 heavy (non-hydrogen) atoms. The molecule has 4 N–H and O–H groups in total. The Bertz CT molecular complexity index is 251. The van der Waals surface area contributed by atoms with E-state index in [1.54, 1.807) is 0 Å². The van der Waals surface area contributed by atoms with Gasteiger partial charge in [-0.05, 0) is 49.7 Å². The molecule has 1 aliphatic rings. The highest BCUT2D eigenvalue weighted by molar-refractivity contribution is 7.99. The van der Waals surface area contributed by atoms with Gasteiger partial charge in [0.05, 0.1) is 5.37 Å². The number of aliphatic hydroxyl groups excluding tert-OH is 1. The number of thioether (sulfide) groups is 1. The SMILES string of the molecule is CCC1CC[C@H](C[C@@H](N)SCCC(C)C)N[C@@H]1CCO. The van der Waals surface area contributed by atoms with E-state index < -0.39 is 0 Å². The summed E-state index contributed by atoms with van der Waals surface area (Å²) in [6.45, 7) is 7.07. The van der Waals surface area contributed by atoms with Crippen LogP contribution in [0.1, 0.15) is 59.3 Å². The van der Waals surface area contributed by atoms with Crippen LogP contribution in [0.2, 0.25) is 0 Å². The third kappa shape index (κ3) is 6.79. The van der Waals surface area contributed by atoms with Gasteiger partial charge in [0.1, 0.15) is 0 Å². The minimum atomic E-state index is 0.249. The van der Waals surface area contributed by atoms with Crippen LogP contribution in [-0.2, 0) is 0 Å².